The van der Waals surface area contributed by atoms with Gasteiger partial charge in [-0.25, -0.2) is 9.10 Å². The third kappa shape index (κ3) is 2.22. The number of primary amides is 1. The normalized spacial score (nSPS) is 9.31. The number of hydrogen-bond acceptors (Lipinski definition) is 3. The lowest BCUT2D eigenvalue weighted by atomic mass is 10.2. The SMILES string of the molecule is NC(=O)N(S)C(=O)c1ccccc1. The zero-order chi connectivity index (χ0) is 9.84. The number of carbonyl (C=O) groups is 2. The smallest absolute Gasteiger partial charge is 0.331 e. The van der Waals surface area contributed by atoms with Crippen molar-refractivity contribution in [1.82, 2.24) is 4.31 Å². The second-order valence-corrected chi connectivity index (χ2v) is 2.72. The average molecular weight is 196 g/mol. The number of nitrogens with zero attached hydrogens (tertiary/aromatic N) is 1. The third-order valence-corrected chi connectivity index (χ3v) is 1.80. The highest BCUT2D eigenvalue weighted by Gasteiger charge is 2.15. The maximum Gasteiger partial charge on any atom is 0.331 e. The summed E-state index contributed by atoms with van der Waals surface area (Å²) in [5.74, 6) is -0.531. The Morgan fingerprint density at radius 2 is 1.77 bits per heavy atom. The molecule has 2 N–H and O–H groups in total. The molecule has 0 atom stereocenters. The predicted octanol–water partition coefficient (Wildman–Crippen LogP) is 1.05. The van der Waals surface area contributed by atoms with Crippen LogP contribution in [0.25, 0.3) is 0 Å². The molecule has 0 aliphatic heterocycles. The summed E-state index contributed by atoms with van der Waals surface area (Å²) in [6, 6.07) is 7.41. The lowest BCUT2D eigenvalue weighted by Crippen LogP contribution is -2.33. The molecule has 3 amide bonds. The minimum atomic E-state index is -0.891. The van der Waals surface area contributed by atoms with Gasteiger partial charge in [-0.15, -0.1) is 0 Å². The maximum absolute atomic E-state index is 11.3. The van der Waals surface area contributed by atoms with Gasteiger partial charge in [0.1, 0.15) is 0 Å². The van der Waals surface area contributed by atoms with Crippen molar-refractivity contribution in [3.8, 4) is 0 Å². The summed E-state index contributed by atoms with van der Waals surface area (Å²) in [7, 11) is 0. The number of thiol groups is 1. The van der Waals surface area contributed by atoms with Crippen LogP contribution in [0, 0.1) is 0 Å². The molecule has 13 heavy (non-hydrogen) atoms. The molecular weight excluding hydrogens is 188 g/mol. The highest BCUT2D eigenvalue weighted by atomic mass is 32.1. The molecule has 0 unspecified atom stereocenters. The van der Waals surface area contributed by atoms with Crippen molar-refractivity contribution in [3.63, 3.8) is 0 Å². The van der Waals surface area contributed by atoms with Crippen LogP contribution >= 0.6 is 12.8 Å². The van der Waals surface area contributed by atoms with E-state index in [1.54, 1.807) is 30.3 Å². The van der Waals surface area contributed by atoms with Crippen LogP contribution in [0.3, 0.4) is 0 Å². The fourth-order valence-corrected chi connectivity index (χ4v) is 0.919. The molecule has 1 aromatic rings. The summed E-state index contributed by atoms with van der Waals surface area (Å²) in [6.45, 7) is 0. The van der Waals surface area contributed by atoms with E-state index in [1.807, 2.05) is 0 Å². The summed E-state index contributed by atoms with van der Waals surface area (Å²) in [5.41, 5.74) is 5.24. The molecule has 0 saturated heterocycles. The molecule has 0 radical (unpaired) electrons. The van der Waals surface area contributed by atoms with Crippen molar-refractivity contribution >= 4 is 24.8 Å². The zero-order valence-corrected chi connectivity index (χ0v) is 7.57. The van der Waals surface area contributed by atoms with E-state index in [9.17, 15) is 9.59 Å². The van der Waals surface area contributed by atoms with Crippen molar-refractivity contribution in [2.24, 2.45) is 5.73 Å². The Labute approximate surface area is 80.9 Å². The number of hydrogen-bond donors (Lipinski definition) is 2. The molecule has 0 aliphatic rings. The van der Waals surface area contributed by atoms with Gasteiger partial charge in [-0.2, -0.15) is 0 Å². The van der Waals surface area contributed by atoms with Crippen molar-refractivity contribution < 1.29 is 9.59 Å². The second-order valence-electron chi connectivity index (χ2n) is 2.32. The predicted molar refractivity (Wildman–Crippen MR) is 51.2 cm³/mol. The Kier molecular flexibility index (Phi) is 2.92. The fraction of sp³-hybridized carbons (Fsp3) is 0. The van der Waals surface area contributed by atoms with Gasteiger partial charge < -0.3 is 5.73 Å². The van der Waals surface area contributed by atoms with Gasteiger partial charge in [0.25, 0.3) is 5.91 Å². The van der Waals surface area contributed by atoms with Crippen LogP contribution in [-0.2, 0) is 0 Å². The first kappa shape index (κ1) is 9.60. The van der Waals surface area contributed by atoms with Gasteiger partial charge in [-0.05, 0) is 12.1 Å². The van der Waals surface area contributed by atoms with E-state index in [0.717, 1.165) is 0 Å². The van der Waals surface area contributed by atoms with Crippen LogP contribution < -0.4 is 5.73 Å². The minimum absolute atomic E-state index is 0.372. The molecule has 0 bridgehead atoms. The molecule has 5 heteroatoms. The molecule has 68 valence electrons. The molecule has 4 nitrogen and oxygen atoms in total. The first-order valence-electron chi connectivity index (χ1n) is 3.50. The number of rotatable bonds is 1. The molecule has 1 aromatic carbocycles. The molecule has 0 heterocycles. The van der Waals surface area contributed by atoms with E-state index in [-0.39, 0.29) is 0 Å². The van der Waals surface area contributed by atoms with Crippen LogP contribution in [0.5, 0.6) is 0 Å². The van der Waals surface area contributed by atoms with Gasteiger partial charge in [-0.3, -0.25) is 4.79 Å². The maximum atomic E-state index is 11.3. The lowest BCUT2D eigenvalue weighted by molar-refractivity contribution is 0.0900. The molecule has 0 aliphatic carbocycles. The van der Waals surface area contributed by atoms with Gasteiger partial charge in [-0.1, -0.05) is 31.0 Å². The summed E-state index contributed by atoms with van der Waals surface area (Å²) in [6.07, 6.45) is 0. The Morgan fingerprint density at radius 1 is 1.23 bits per heavy atom. The van der Waals surface area contributed by atoms with E-state index in [2.05, 4.69) is 12.8 Å². The average Bonchev–Trinajstić information content (AvgIpc) is 2.17. The molecular formula is C8H8N2O2S. The van der Waals surface area contributed by atoms with E-state index in [0.29, 0.717) is 9.87 Å². The highest BCUT2D eigenvalue weighted by molar-refractivity contribution is 7.79. The van der Waals surface area contributed by atoms with Crippen LogP contribution in [0.2, 0.25) is 0 Å². The van der Waals surface area contributed by atoms with Crippen LogP contribution in [0.1, 0.15) is 10.4 Å². The Morgan fingerprint density at radius 3 is 2.23 bits per heavy atom. The van der Waals surface area contributed by atoms with E-state index >= 15 is 0 Å². The topological polar surface area (TPSA) is 63.4 Å². The Hall–Kier alpha value is -1.49. The molecule has 0 saturated carbocycles. The van der Waals surface area contributed by atoms with Crippen molar-refractivity contribution in [2.75, 3.05) is 0 Å². The summed E-state index contributed by atoms with van der Waals surface area (Å²) < 4.78 is 0.565. The quantitative estimate of drug-likeness (QED) is 0.659. The number of carbonyl (C=O) groups excluding carboxylic acids is 2. The van der Waals surface area contributed by atoms with Crippen molar-refractivity contribution in [2.45, 2.75) is 0 Å². The van der Waals surface area contributed by atoms with Gasteiger partial charge in [0, 0.05) is 5.56 Å². The number of nitrogens with two attached hydrogens (primary N) is 1. The molecule has 0 spiro atoms. The standard InChI is InChI=1S/C8H8N2O2S/c9-8(12)10(13)7(11)6-4-2-1-3-5-6/h1-5,13H,(H2,9,12). The number of benzene rings is 1. The molecule has 1 rings (SSSR count). The van der Waals surface area contributed by atoms with Gasteiger partial charge >= 0.3 is 6.03 Å². The molecule has 0 fully saturated rings. The number of imide groups is 1. The fourth-order valence-electron chi connectivity index (χ4n) is 0.803. The van der Waals surface area contributed by atoms with Crippen molar-refractivity contribution in [1.29, 1.82) is 0 Å². The van der Waals surface area contributed by atoms with Gasteiger partial charge in [0.15, 0.2) is 0 Å². The van der Waals surface area contributed by atoms with Gasteiger partial charge in [0.2, 0.25) is 0 Å². The highest BCUT2D eigenvalue weighted by Crippen LogP contribution is 2.05. The second kappa shape index (κ2) is 3.95. The Bertz CT molecular complexity index is 326. The monoisotopic (exact) mass is 196 g/mol. The van der Waals surface area contributed by atoms with Crippen LogP contribution in [0.15, 0.2) is 30.3 Å². The number of urea groups is 1. The third-order valence-electron chi connectivity index (χ3n) is 1.42. The van der Waals surface area contributed by atoms with E-state index in [4.69, 9.17) is 5.73 Å². The zero-order valence-electron chi connectivity index (χ0n) is 6.68. The Balaban J connectivity index is 2.86. The number of amides is 3. The molecule has 0 aromatic heterocycles. The van der Waals surface area contributed by atoms with Gasteiger partial charge in [0.05, 0.1) is 0 Å². The summed E-state index contributed by atoms with van der Waals surface area (Å²) in [4.78, 5) is 21.9. The first-order chi connectivity index (χ1) is 6.13. The largest absolute Gasteiger partial charge is 0.350 e. The first-order valence-corrected chi connectivity index (χ1v) is 3.90. The van der Waals surface area contributed by atoms with Crippen LogP contribution in [0.4, 0.5) is 4.79 Å². The lowest BCUT2D eigenvalue weighted by Gasteiger charge is -2.09. The summed E-state index contributed by atoms with van der Waals surface area (Å²) in [5, 5.41) is 0. The van der Waals surface area contributed by atoms with Crippen LogP contribution in [-0.4, -0.2) is 16.2 Å². The van der Waals surface area contributed by atoms with E-state index in [1.165, 1.54) is 0 Å². The summed E-state index contributed by atoms with van der Waals surface area (Å²) >= 11 is 3.64. The van der Waals surface area contributed by atoms with Crippen molar-refractivity contribution in [3.05, 3.63) is 35.9 Å². The van der Waals surface area contributed by atoms with E-state index < -0.39 is 11.9 Å². The minimum Gasteiger partial charge on any atom is -0.350 e.